The zero-order valence-electron chi connectivity index (χ0n) is 9.09. The van der Waals surface area contributed by atoms with Crippen LogP contribution in [0, 0.1) is 0 Å². The second-order valence-corrected chi connectivity index (χ2v) is 4.27. The van der Waals surface area contributed by atoms with Gasteiger partial charge in [0.05, 0.1) is 0 Å². The molecule has 1 aliphatic rings. The van der Waals surface area contributed by atoms with E-state index in [9.17, 15) is 14.7 Å². The molecule has 4 heteroatoms. The third-order valence-corrected chi connectivity index (χ3v) is 3.25. The van der Waals surface area contributed by atoms with Crippen LogP contribution in [0.25, 0.3) is 10.9 Å². The summed E-state index contributed by atoms with van der Waals surface area (Å²) in [6.07, 6.45) is 0.935. The molecule has 0 fully saturated rings. The summed E-state index contributed by atoms with van der Waals surface area (Å²) in [6.45, 7) is 0. The van der Waals surface area contributed by atoms with Gasteiger partial charge in [-0.3, -0.25) is 4.79 Å². The highest BCUT2D eigenvalue weighted by Crippen LogP contribution is 2.30. The number of carbonyl (C=O) groups is 2. The maximum absolute atomic E-state index is 11.7. The van der Waals surface area contributed by atoms with Gasteiger partial charge in [0.2, 0.25) is 0 Å². The van der Waals surface area contributed by atoms with E-state index in [-0.39, 0.29) is 5.78 Å². The van der Waals surface area contributed by atoms with Crippen molar-refractivity contribution in [2.24, 2.45) is 0 Å². The number of aromatic nitrogens is 1. The summed E-state index contributed by atoms with van der Waals surface area (Å²) in [6, 6.07) is 8.47. The monoisotopic (exact) mass is 229 g/mol. The fourth-order valence-electron chi connectivity index (χ4n) is 2.51. The number of rotatable bonds is 1. The molecular weight excluding hydrogens is 218 g/mol. The number of para-hydroxylation sites is 1. The molecule has 4 nitrogen and oxygen atoms in total. The van der Waals surface area contributed by atoms with Crippen molar-refractivity contribution in [1.82, 2.24) is 4.57 Å². The van der Waals surface area contributed by atoms with Gasteiger partial charge in [0.1, 0.15) is 0 Å². The Labute approximate surface area is 97.5 Å². The minimum Gasteiger partial charge on any atom is -0.479 e. The van der Waals surface area contributed by atoms with E-state index in [1.165, 1.54) is 0 Å². The van der Waals surface area contributed by atoms with E-state index in [1.807, 2.05) is 30.3 Å². The Morgan fingerprint density at radius 1 is 1.29 bits per heavy atom. The Morgan fingerprint density at radius 3 is 2.82 bits per heavy atom. The van der Waals surface area contributed by atoms with Crippen molar-refractivity contribution in [3.63, 3.8) is 0 Å². The van der Waals surface area contributed by atoms with Gasteiger partial charge in [-0.1, -0.05) is 18.2 Å². The van der Waals surface area contributed by atoms with Crippen LogP contribution in [0.15, 0.2) is 30.3 Å². The van der Waals surface area contributed by atoms with Crippen molar-refractivity contribution < 1.29 is 14.7 Å². The molecular formula is C13H11NO3. The predicted molar refractivity (Wildman–Crippen MR) is 61.9 cm³/mol. The Balaban J connectivity index is 2.32. The molecule has 17 heavy (non-hydrogen) atoms. The molecule has 1 atom stereocenters. The minimum absolute atomic E-state index is 0.216. The molecule has 1 aromatic heterocycles. The second kappa shape index (κ2) is 3.45. The second-order valence-electron chi connectivity index (χ2n) is 4.27. The number of Topliss-reactive ketones (excluding diaryl/α,β-unsaturated/α-hetero) is 1. The summed E-state index contributed by atoms with van der Waals surface area (Å²) in [5.41, 5.74) is 1.75. The average Bonchev–Trinajstić information content (AvgIpc) is 2.67. The van der Waals surface area contributed by atoms with Crippen LogP contribution in [-0.4, -0.2) is 21.4 Å². The molecule has 0 aliphatic carbocycles. The van der Waals surface area contributed by atoms with Crippen LogP contribution in [0.3, 0.4) is 0 Å². The van der Waals surface area contributed by atoms with E-state index in [1.54, 1.807) is 4.57 Å². The lowest BCUT2D eigenvalue weighted by Gasteiger charge is -2.22. The molecule has 2 aromatic rings. The average molecular weight is 229 g/mol. The van der Waals surface area contributed by atoms with Crippen LogP contribution in [0.2, 0.25) is 0 Å². The normalized spacial score (nSPS) is 19.3. The lowest BCUT2D eigenvalue weighted by molar-refractivity contribution is -0.145. The maximum Gasteiger partial charge on any atom is 0.334 e. The van der Waals surface area contributed by atoms with Crippen LogP contribution >= 0.6 is 0 Å². The zero-order valence-corrected chi connectivity index (χ0v) is 9.09. The van der Waals surface area contributed by atoms with Crippen LogP contribution in [-0.2, 0) is 16.0 Å². The van der Waals surface area contributed by atoms with E-state index in [4.69, 9.17) is 0 Å². The Bertz CT molecular complexity index is 627. The molecule has 1 aromatic carbocycles. The van der Waals surface area contributed by atoms with E-state index >= 15 is 0 Å². The number of carboxylic acids is 1. The number of nitrogens with zero attached hydrogens (tertiary/aromatic N) is 1. The molecule has 0 amide bonds. The molecule has 1 N–H and O–H groups in total. The molecule has 0 radical (unpaired) electrons. The van der Waals surface area contributed by atoms with Crippen molar-refractivity contribution in [2.75, 3.05) is 0 Å². The van der Waals surface area contributed by atoms with Crippen molar-refractivity contribution in [2.45, 2.75) is 18.9 Å². The first-order valence-corrected chi connectivity index (χ1v) is 5.53. The van der Waals surface area contributed by atoms with E-state index in [0.717, 1.165) is 16.6 Å². The standard InChI is InChI=1S/C13H11NO3/c15-11-6-5-9-7-8-3-1-2-4-10(8)14(9)12(11)13(16)17/h1-4,7,12H,5-6H2,(H,16,17). The topological polar surface area (TPSA) is 59.3 Å². The van der Waals surface area contributed by atoms with Crippen LogP contribution < -0.4 is 0 Å². The van der Waals surface area contributed by atoms with Gasteiger partial charge in [0.15, 0.2) is 11.8 Å². The summed E-state index contributed by atoms with van der Waals surface area (Å²) in [4.78, 5) is 23.0. The maximum atomic E-state index is 11.7. The molecule has 1 aliphatic heterocycles. The van der Waals surface area contributed by atoms with Gasteiger partial charge in [-0.2, -0.15) is 0 Å². The minimum atomic E-state index is -1.07. The largest absolute Gasteiger partial charge is 0.479 e. The molecule has 0 saturated heterocycles. The van der Waals surface area contributed by atoms with Crippen molar-refractivity contribution >= 4 is 22.7 Å². The summed E-state index contributed by atoms with van der Waals surface area (Å²) in [7, 11) is 0. The van der Waals surface area contributed by atoms with E-state index < -0.39 is 12.0 Å². The van der Waals surface area contributed by atoms with Gasteiger partial charge in [0.25, 0.3) is 0 Å². The van der Waals surface area contributed by atoms with Crippen LogP contribution in [0.1, 0.15) is 18.2 Å². The summed E-state index contributed by atoms with van der Waals surface area (Å²) in [5, 5.41) is 10.2. The number of benzene rings is 1. The highest BCUT2D eigenvalue weighted by Gasteiger charge is 2.34. The first-order chi connectivity index (χ1) is 8.18. The molecule has 0 saturated carbocycles. The fourth-order valence-corrected chi connectivity index (χ4v) is 2.51. The number of fused-ring (bicyclic) bond motifs is 3. The number of carboxylic acid groups (broad SMARTS) is 1. The molecule has 2 heterocycles. The molecule has 0 bridgehead atoms. The quantitative estimate of drug-likeness (QED) is 0.758. The molecule has 1 unspecified atom stereocenters. The van der Waals surface area contributed by atoms with Gasteiger partial charge in [0, 0.05) is 17.6 Å². The van der Waals surface area contributed by atoms with Crippen molar-refractivity contribution in [3.8, 4) is 0 Å². The summed E-state index contributed by atoms with van der Waals surface area (Å²) in [5.74, 6) is -1.29. The molecule has 0 spiro atoms. The van der Waals surface area contributed by atoms with Gasteiger partial charge in [-0.15, -0.1) is 0 Å². The Hall–Kier alpha value is -2.10. The Morgan fingerprint density at radius 2 is 2.06 bits per heavy atom. The summed E-state index contributed by atoms with van der Waals surface area (Å²) < 4.78 is 1.66. The first-order valence-electron chi connectivity index (χ1n) is 5.53. The highest BCUT2D eigenvalue weighted by molar-refractivity contribution is 6.03. The highest BCUT2D eigenvalue weighted by atomic mass is 16.4. The van der Waals surface area contributed by atoms with E-state index in [2.05, 4.69) is 0 Å². The van der Waals surface area contributed by atoms with Gasteiger partial charge < -0.3 is 9.67 Å². The van der Waals surface area contributed by atoms with Gasteiger partial charge in [-0.25, -0.2) is 4.79 Å². The summed E-state index contributed by atoms with van der Waals surface area (Å²) >= 11 is 0. The Kier molecular flexibility index (Phi) is 2.04. The lowest BCUT2D eigenvalue weighted by Crippen LogP contribution is -2.32. The number of hydrogen-bond donors (Lipinski definition) is 1. The van der Waals surface area contributed by atoms with Crippen molar-refractivity contribution in [1.29, 1.82) is 0 Å². The third kappa shape index (κ3) is 1.37. The smallest absolute Gasteiger partial charge is 0.334 e. The zero-order chi connectivity index (χ0) is 12.0. The number of hydrogen-bond acceptors (Lipinski definition) is 2. The SMILES string of the molecule is O=C(O)C1C(=O)CCc2cc3ccccc3n21. The number of ketones is 1. The number of aliphatic carboxylic acids is 1. The van der Waals surface area contributed by atoms with Crippen LogP contribution in [0.5, 0.6) is 0 Å². The number of aryl methyl sites for hydroxylation is 1. The van der Waals surface area contributed by atoms with Crippen molar-refractivity contribution in [3.05, 3.63) is 36.0 Å². The van der Waals surface area contributed by atoms with E-state index in [0.29, 0.717) is 12.8 Å². The van der Waals surface area contributed by atoms with Gasteiger partial charge >= 0.3 is 5.97 Å². The third-order valence-electron chi connectivity index (χ3n) is 3.25. The van der Waals surface area contributed by atoms with Gasteiger partial charge in [-0.05, 0) is 23.9 Å². The molecule has 3 rings (SSSR count). The first kappa shape index (κ1) is 10.1. The fraction of sp³-hybridized carbons (Fsp3) is 0.231. The molecule has 86 valence electrons. The number of carbonyl (C=O) groups excluding carboxylic acids is 1. The lowest BCUT2D eigenvalue weighted by atomic mass is 10.0. The van der Waals surface area contributed by atoms with Crippen LogP contribution in [0.4, 0.5) is 0 Å². The predicted octanol–water partition coefficient (Wildman–Crippen LogP) is 1.78.